The molecule has 0 aliphatic heterocycles. The molecule has 0 aromatic carbocycles. The number of thioether (sulfide) groups is 1. The Morgan fingerprint density at radius 3 is 2.67 bits per heavy atom. The van der Waals surface area contributed by atoms with Crippen LogP contribution in [0, 0.1) is 0 Å². The van der Waals surface area contributed by atoms with E-state index < -0.39 is 0 Å². The lowest BCUT2D eigenvalue weighted by Gasteiger charge is -2.21. The number of unbranched alkanes of at least 4 members (excludes halogenated alkanes) is 2. The van der Waals surface area contributed by atoms with E-state index in [-0.39, 0.29) is 0 Å². The highest BCUT2D eigenvalue weighted by Gasteiger charge is 2.15. The van der Waals surface area contributed by atoms with Crippen LogP contribution in [0.2, 0.25) is 0 Å². The van der Waals surface area contributed by atoms with Crippen LogP contribution >= 0.6 is 24.0 Å². The van der Waals surface area contributed by atoms with Gasteiger partial charge in [-0.3, -0.25) is 0 Å². The van der Waals surface area contributed by atoms with Crippen molar-refractivity contribution in [2.45, 2.75) is 63.5 Å². The highest BCUT2D eigenvalue weighted by Crippen LogP contribution is 2.28. The molecule has 1 nitrogen and oxygen atoms in total. The molecule has 0 unspecified atom stereocenters. The molecule has 88 valence electrons. The summed E-state index contributed by atoms with van der Waals surface area (Å²) in [5.41, 5.74) is 0. The summed E-state index contributed by atoms with van der Waals surface area (Å²) < 4.78 is 1.03. The molecule has 0 aromatic heterocycles. The lowest BCUT2D eigenvalue weighted by Crippen LogP contribution is -2.23. The van der Waals surface area contributed by atoms with Crippen LogP contribution in [0.15, 0.2) is 0 Å². The van der Waals surface area contributed by atoms with Gasteiger partial charge in [-0.25, -0.2) is 0 Å². The molecule has 15 heavy (non-hydrogen) atoms. The third-order valence-corrected chi connectivity index (χ3v) is 4.47. The molecule has 0 atom stereocenters. The molecular formula is C12H23NS2. The minimum Gasteiger partial charge on any atom is -0.371 e. The molecule has 0 bridgehead atoms. The summed E-state index contributed by atoms with van der Waals surface area (Å²) in [4.78, 5) is 0. The quantitative estimate of drug-likeness (QED) is 0.578. The molecule has 1 aliphatic carbocycles. The van der Waals surface area contributed by atoms with E-state index in [9.17, 15) is 0 Å². The van der Waals surface area contributed by atoms with E-state index in [0.717, 1.165) is 16.1 Å². The second kappa shape index (κ2) is 8.40. The van der Waals surface area contributed by atoms with Crippen LogP contribution in [0.4, 0.5) is 0 Å². The predicted molar refractivity (Wildman–Crippen MR) is 74.6 cm³/mol. The first kappa shape index (κ1) is 13.3. The zero-order valence-corrected chi connectivity index (χ0v) is 11.4. The molecule has 0 heterocycles. The van der Waals surface area contributed by atoms with Crippen LogP contribution in [-0.2, 0) is 0 Å². The Balaban J connectivity index is 2.01. The summed E-state index contributed by atoms with van der Waals surface area (Å²) in [6.07, 6.45) is 10.8. The van der Waals surface area contributed by atoms with Crippen LogP contribution in [0.3, 0.4) is 0 Å². The standard InChI is InChI=1S/C12H23NS2/c1-2-3-7-10-13-12(14)15-11-8-5-4-6-9-11/h11H,2-10H2,1H3,(H,13,14). The van der Waals surface area contributed by atoms with Gasteiger partial charge in [0.25, 0.3) is 0 Å². The molecule has 0 radical (unpaired) electrons. The average Bonchev–Trinajstić information content (AvgIpc) is 2.26. The van der Waals surface area contributed by atoms with E-state index >= 15 is 0 Å². The Morgan fingerprint density at radius 1 is 1.27 bits per heavy atom. The van der Waals surface area contributed by atoms with E-state index in [1.54, 1.807) is 0 Å². The second-order valence-corrected chi connectivity index (χ2v) is 6.28. The minimum absolute atomic E-state index is 0.796. The van der Waals surface area contributed by atoms with Gasteiger partial charge in [0.05, 0.1) is 0 Å². The van der Waals surface area contributed by atoms with Crippen molar-refractivity contribution in [1.29, 1.82) is 0 Å². The number of rotatable bonds is 5. The molecule has 1 saturated carbocycles. The monoisotopic (exact) mass is 245 g/mol. The van der Waals surface area contributed by atoms with Crippen molar-refractivity contribution >= 4 is 28.3 Å². The zero-order chi connectivity index (χ0) is 10.9. The highest BCUT2D eigenvalue weighted by molar-refractivity contribution is 8.23. The van der Waals surface area contributed by atoms with E-state index in [1.165, 1.54) is 51.4 Å². The van der Waals surface area contributed by atoms with Gasteiger partial charge in [0.2, 0.25) is 0 Å². The van der Waals surface area contributed by atoms with Crippen LogP contribution in [0.25, 0.3) is 0 Å². The number of hydrogen-bond donors (Lipinski definition) is 1. The second-order valence-electron chi connectivity index (χ2n) is 4.30. The maximum Gasteiger partial charge on any atom is 0.134 e. The van der Waals surface area contributed by atoms with Crippen molar-refractivity contribution < 1.29 is 0 Å². The Labute approximate surface area is 104 Å². The molecule has 1 rings (SSSR count). The SMILES string of the molecule is CCCCCNC(=S)SC1CCCCC1. The number of hydrogen-bond acceptors (Lipinski definition) is 2. The summed E-state index contributed by atoms with van der Waals surface area (Å²) in [5, 5.41) is 4.16. The fourth-order valence-electron chi connectivity index (χ4n) is 1.94. The van der Waals surface area contributed by atoms with E-state index in [1.807, 2.05) is 11.8 Å². The van der Waals surface area contributed by atoms with Gasteiger partial charge in [0.15, 0.2) is 0 Å². The maximum atomic E-state index is 5.34. The van der Waals surface area contributed by atoms with Gasteiger partial charge in [-0.2, -0.15) is 0 Å². The van der Waals surface area contributed by atoms with Crippen molar-refractivity contribution in [3.8, 4) is 0 Å². The summed E-state index contributed by atoms with van der Waals surface area (Å²) in [7, 11) is 0. The first-order valence-electron chi connectivity index (χ1n) is 6.27. The third-order valence-electron chi connectivity index (χ3n) is 2.88. The third kappa shape index (κ3) is 6.41. The Hall–Kier alpha value is 0.240. The molecule has 0 aromatic rings. The first-order chi connectivity index (χ1) is 7.33. The maximum absolute atomic E-state index is 5.34. The number of thiocarbonyl (C=S) groups is 1. The lowest BCUT2D eigenvalue weighted by molar-refractivity contribution is 0.517. The van der Waals surface area contributed by atoms with E-state index in [0.29, 0.717) is 0 Å². The van der Waals surface area contributed by atoms with Gasteiger partial charge in [-0.05, 0) is 19.3 Å². The van der Waals surface area contributed by atoms with Gasteiger partial charge < -0.3 is 5.32 Å². The molecule has 0 amide bonds. The molecule has 3 heteroatoms. The average molecular weight is 245 g/mol. The summed E-state index contributed by atoms with van der Waals surface area (Å²) >= 11 is 7.24. The lowest BCUT2D eigenvalue weighted by atomic mass is 10.0. The van der Waals surface area contributed by atoms with Gasteiger partial charge >= 0.3 is 0 Å². The largest absolute Gasteiger partial charge is 0.371 e. The van der Waals surface area contributed by atoms with Gasteiger partial charge in [0.1, 0.15) is 4.32 Å². The Morgan fingerprint density at radius 2 is 2.00 bits per heavy atom. The van der Waals surface area contributed by atoms with Crippen molar-refractivity contribution in [1.82, 2.24) is 5.32 Å². The van der Waals surface area contributed by atoms with E-state index in [4.69, 9.17) is 12.2 Å². The minimum atomic E-state index is 0.796. The highest BCUT2D eigenvalue weighted by atomic mass is 32.2. The molecule has 1 aliphatic rings. The Kier molecular flexibility index (Phi) is 7.45. The Bertz CT molecular complexity index is 176. The van der Waals surface area contributed by atoms with Gasteiger partial charge in [-0.1, -0.05) is 63.0 Å². The van der Waals surface area contributed by atoms with Crippen LogP contribution < -0.4 is 5.32 Å². The first-order valence-corrected chi connectivity index (χ1v) is 7.56. The molecule has 1 N–H and O–H groups in total. The summed E-state index contributed by atoms with van der Waals surface area (Å²) in [5.74, 6) is 0. The van der Waals surface area contributed by atoms with Crippen LogP contribution in [-0.4, -0.2) is 16.1 Å². The van der Waals surface area contributed by atoms with Crippen LogP contribution in [0.1, 0.15) is 58.3 Å². The number of nitrogens with one attached hydrogen (secondary N) is 1. The summed E-state index contributed by atoms with van der Waals surface area (Å²) in [6.45, 7) is 3.29. The molecule has 1 fully saturated rings. The van der Waals surface area contributed by atoms with Gasteiger partial charge in [0, 0.05) is 11.8 Å². The fourth-order valence-corrected chi connectivity index (χ4v) is 3.51. The smallest absolute Gasteiger partial charge is 0.134 e. The van der Waals surface area contributed by atoms with Crippen LogP contribution in [0.5, 0.6) is 0 Å². The normalized spacial score (nSPS) is 17.7. The van der Waals surface area contributed by atoms with E-state index in [2.05, 4.69) is 12.2 Å². The summed E-state index contributed by atoms with van der Waals surface area (Å²) in [6, 6.07) is 0. The topological polar surface area (TPSA) is 12.0 Å². The van der Waals surface area contributed by atoms with Crippen molar-refractivity contribution in [3.63, 3.8) is 0 Å². The fraction of sp³-hybridized carbons (Fsp3) is 0.917. The predicted octanol–water partition coefficient (Wildman–Crippen LogP) is 4.12. The van der Waals surface area contributed by atoms with Crippen molar-refractivity contribution in [2.24, 2.45) is 0 Å². The van der Waals surface area contributed by atoms with Crippen molar-refractivity contribution in [2.75, 3.05) is 6.54 Å². The zero-order valence-electron chi connectivity index (χ0n) is 9.76. The van der Waals surface area contributed by atoms with Gasteiger partial charge in [-0.15, -0.1) is 0 Å². The molecule has 0 spiro atoms. The molecule has 0 saturated heterocycles. The molecular weight excluding hydrogens is 222 g/mol. The van der Waals surface area contributed by atoms with Crippen molar-refractivity contribution in [3.05, 3.63) is 0 Å².